The molecule has 30 nitrogen and oxygen atoms in total. The Kier molecular flexibility index (Phi) is 18.4. The van der Waals surface area contributed by atoms with Gasteiger partial charge in [0.2, 0.25) is 18.9 Å². The molecule has 9 rings (SSSR count). The van der Waals surface area contributed by atoms with Crippen molar-refractivity contribution in [3.8, 4) is 46.0 Å². The molecule has 0 saturated carbocycles. The third-order valence-corrected chi connectivity index (χ3v) is 14.2. The second-order valence-corrected chi connectivity index (χ2v) is 20.0. The normalized spacial score (nSPS) is 35.2. The van der Waals surface area contributed by atoms with Crippen LogP contribution in [0.2, 0.25) is 0 Å². The van der Waals surface area contributed by atoms with Crippen LogP contribution in [0, 0.1) is 0 Å². The largest absolute Gasteiger partial charge is 0.508 e. The maximum Gasteiger partial charge on any atom is 0.338 e. The molecule has 5 aliphatic heterocycles. The summed E-state index contributed by atoms with van der Waals surface area (Å²) in [5.74, 6) is -6.12. The minimum absolute atomic E-state index is 0.0157. The molecule has 452 valence electrons. The maximum absolute atomic E-state index is 13.2. The summed E-state index contributed by atoms with van der Waals surface area (Å²) in [6.45, 7) is -0.594. The SMILES string of the molecule is C[C@@H]1O[C@@H](OC[C@H]2O[C@H](OC3=Cc4c(O)cc(O[C@@H]5O[C@H](COC(=O)c6ccc(O[C@@H]7O[C@H](COC(=O)c8ccc(O)cc8)[C@@H](O)[C@H](O)[C@H]7O)cc6)[C@@H](O)[C@H](O)[C@H]5O)cc4O[C@@H]3c3cc(O)c(O)c(O)c3)[C@H](O)[C@@H](O)[C@@H]2O)[C@H](O)[C@H](O)[C@H]1O. The van der Waals surface area contributed by atoms with Crippen LogP contribution in [0.15, 0.2) is 78.6 Å². The van der Waals surface area contributed by atoms with Crippen molar-refractivity contribution in [1.29, 1.82) is 0 Å². The number of aliphatic hydroxyl groups is 12. The zero-order chi connectivity index (χ0) is 59.9. The van der Waals surface area contributed by atoms with Gasteiger partial charge in [-0.2, -0.15) is 0 Å². The molecular formula is C53H60O30. The number of esters is 2. The first-order valence-corrected chi connectivity index (χ1v) is 25.5. The van der Waals surface area contributed by atoms with Crippen molar-refractivity contribution in [3.05, 3.63) is 101 Å². The molecule has 0 aliphatic carbocycles. The zero-order valence-corrected chi connectivity index (χ0v) is 43.2. The monoisotopic (exact) mass is 1180 g/mol. The van der Waals surface area contributed by atoms with Gasteiger partial charge in [-0.3, -0.25) is 0 Å². The van der Waals surface area contributed by atoms with E-state index in [4.69, 9.17) is 52.1 Å². The number of rotatable bonds is 16. The summed E-state index contributed by atoms with van der Waals surface area (Å²) in [7, 11) is 0. The van der Waals surface area contributed by atoms with Gasteiger partial charge in [0.05, 0.1) is 29.4 Å². The van der Waals surface area contributed by atoms with Gasteiger partial charge in [-0.15, -0.1) is 0 Å². The molecule has 17 N–H and O–H groups in total. The number of aromatic hydroxyl groups is 5. The van der Waals surface area contributed by atoms with Crippen molar-refractivity contribution in [2.45, 2.75) is 136 Å². The van der Waals surface area contributed by atoms with Crippen LogP contribution < -0.4 is 14.2 Å². The van der Waals surface area contributed by atoms with Crippen molar-refractivity contribution in [2.24, 2.45) is 0 Å². The lowest BCUT2D eigenvalue weighted by Crippen LogP contribution is -2.61. The fourth-order valence-corrected chi connectivity index (χ4v) is 9.35. The van der Waals surface area contributed by atoms with E-state index in [9.17, 15) is 96.4 Å². The van der Waals surface area contributed by atoms with Crippen LogP contribution in [0.1, 0.15) is 44.9 Å². The van der Waals surface area contributed by atoms with Crippen LogP contribution in [-0.2, 0) is 37.9 Å². The van der Waals surface area contributed by atoms with Crippen molar-refractivity contribution in [3.63, 3.8) is 0 Å². The van der Waals surface area contributed by atoms with Gasteiger partial charge in [0.15, 0.2) is 29.6 Å². The summed E-state index contributed by atoms with van der Waals surface area (Å²) >= 11 is 0. The number of hydrogen-bond donors (Lipinski definition) is 17. The second-order valence-electron chi connectivity index (χ2n) is 20.0. The van der Waals surface area contributed by atoms with Crippen molar-refractivity contribution < 1.29 is 149 Å². The van der Waals surface area contributed by atoms with Gasteiger partial charge in [0.25, 0.3) is 0 Å². The van der Waals surface area contributed by atoms with E-state index in [1.165, 1.54) is 55.5 Å². The first kappa shape index (κ1) is 60.7. The number of ether oxygens (including phenoxy) is 11. The topological polar surface area (TPSA) is 480 Å². The van der Waals surface area contributed by atoms with Gasteiger partial charge in [0.1, 0.15) is 139 Å². The predicted octanol–water partition coefficient (Wildman–Crippen LogP) is -3.56. The standard InChI is InChI=1S/C53H60O30/c1-18-34(58)39(63)43(67)50(76-18)75-17-33-38(62)42(66)46(70)53(83-33)80-30-14-25-26(55)12-24(13-29(25)79-47(30)21-10-27(56)35(59)28(57)11-21)78-52-45(69)41(65)37(61)32(82-52)16-74-49(72)20-4-8-23(9-5-20)77-51-44(68)40(64)36(60)31(81-51)15-73-48(71)19-2-6-22(54)7-3-19/h2-14,18,31-34,36-47,50-70H,15-17H2,1H3/t18-,31+,32+,33+,34-,36+,37+,38+,39+,40-,41-,42-,43+,44+,45+,46+,47+,50+,51+,52+,53-/m0/s1. The fraction of sp³-hybridized carbons (Fsp3) is 0.472. The van der Waals surface area contributed by atoms with E-state index in [1.807, 2.05) is 0 Å². The third kappa shape index (κ3) is 12.9. The number of aliphatic hydroxyl groups excluding tert-OH is 12. The van der Waals surface area contributed by atoms with E-state index in [2.05, 4.69) is 0 Å². The number of carbonyl (C=O) groups excluding carboxylic acids is 2. The summed E-state index contributed by atoms with van der Waals surface area (Å²) in [6, 6.07) is 14.1. The molecule has 4 fully saturated rings. The highest BCUT2D eigenvalue weighted by Gasteiger charge is 2.50. The van der Waals surface area contributed by atoms with Gasteiger partial charge in [-0.1, -0.05) is 0 Å². The molecule has 0 bridgehead atoms. The third-order valence-electron chi connectivity index (χ3n) is 14.2. The maximum atomic E-state index is 13.2. The quantitative estimate of drug-likeness (QED) is 0.0381. The highest BCUT2D eigenvalue weighted by atomic mass is 16.7. The first-order chi connectivity index (χ1) is 39.4. The Morgan fingerprint density at radius 1 is 0.458 bits per heavy atom. The number of hydrogen-bond acceptors (Lipinski definition) is 30. The lowest BCUT2D eigenvalue weighted by atomic mass is 9.98. The van der Waals surface area contributed by atoms with Crippen LogP contribution >= 0.6 is 0 Å². The van der Waals surface area contributed by atoms with Gasteiger partial charge in [0, 0.05) is 17.7 Å². The highest BCUT2D eigenvalue weighted by molar-refractivity contribution is 5.90. The van der Waals surface area contributed by atoms with E-state index in [0.717, 1.165) is 30.3 Å². The summed E-state index contributed by atoms with van der Waals surface area (Å²) in [6.07, 6.45) is -34.8. The van der Waals surface area contributed by atoms with Crippen molar-refractivity contribution >= 4 is 18.0 Å². The molecule has 0 radical (unpaired) electrons. The molecule has 30 heteroatoms. The Balaban J connectivity index is 0.851. The summed E-state index contributed by atoms with van der Waals surface area (Å²) in [4.78, 5) is 25.7. The van der Waals surface area contributed by atoms with Crippen molar-refractivity contribution in [2.75, 3.05) is 19.8 Å². The van der Waals surface area contributed by atoms with Crippen molar-refractivity contribution in [1.82, 2.24) is 0 Å². The van der Waals surface area contributed by atoms with Gasteiger partial charge in [-0.25, -0.2) is 9.59 Å². The van der Waals surface area contributed by atoms with E-state index >= 15 is 0 Å². The fourth-order valence-electron chi connectivity index (χ4n) is 9.35. The van der Waals surface area contributed by atoms with E-state index in [-0.39, 0.29) is 51.0 Å². The molecule has 0 unspecified atom stereocenters. The van der Waals surface area contributed by atoms with E-state index in [0.29, 0.717) is 0 Å². The van der Waals surface area contributed by atoms with Crippen LogP contribution in [-0.4, -0.2) is 241 Å². The molecule has 83 heavy (non-hydrogen) atoms. The van der Waals surface area contributed by atoms with Gasteiger partial charge in [-0.05, 0) is 73.7 Å². The molecule has 0 amide bonds. The molecule has 4 aromatic carbocycles. The minimum Gasteiger partial charge on any atom is -0.508 e. The smallest absolute Gasteiger partial charge is 0.338 e. The molecule has 5 heterocycles. The highest BCUT2D eigenvalue weighted by Crippen LogP contribution is 2.48. The number of phenolic OH excluding ortho intramolecular Hbond substituents is 5. The summed E-state index contributed by atoms with van der Waals surface area (Å²) in [5.41, 5.74) is -0.345. The number of phenols is 5. The average molecular weight is 1180 g/mol. The van der Waals surface area contributed by atoms with Gasteiger partial charge >= 0.3 is 11.9 Å². The average Bonchev–Trinajstić information content (AvgIpc) is 3.65. The molecular weight excluding hydrogens is 1120 g/mol. The Labute approximate surface area is 468 Å². The lowest BCUT2D eigenvalue weighted by molar-refractivity contribution is -0.324. The minimum atomic E-state index is -2.02. The summed E-state index contributed by atoms with van der Waals surface area (Å²) in [5, 5.41) is 180. The van der Waals surface area contributed by atoms with Gasteiger partial charge < -0.3 is 139 Å². The summed E-state index contributed by atoms with van der Waals surface area (Å²) < 4.78 is 62.3. The lowest BCUT2D eigenvalue weighted by Gasteiger charge is -2.43. The molecule has 0 aromatic heterocycles. The predicted molar refractivity (Wildman–Crippen MR) is 267 cm³/mol. The molecule has 4 aromatic rings. The first-order valence-electron chi connectivity index (χ1n) is 25.5. The van der Waals surface area contributed by atoms with E-state index in [1.54, 1.807) is 0 Å². The van der Waals surface area contributed by atoms with E-state index < -0.39 is 184 Å². The molecule has 21 atom stereocenters. The number of carbonyl (C=O) groups is 2. The van der Waals surface area contributed by atoms with Crippen LogP contribution in [0.25, 0.3) is 6.08 Å². The van der Waals surface area contributed by atoms with Crippen LogP contribution in [0.3, 0.4) is 0 Å². The number of benzene rings is 4. The zero-order valence-electron chi connectivity index (χ0n) is 43.2. The Morgan fingerprint density at radius 3 is 1.42 bits per heavy atom. The number of fused-ring (bicyclic) bond motifs is 1. The Hall–Kier alpha value is -6.92. The second kappa shape index (κ2) is 25.1. The molecule has 4 saturated heterocycles. The Morgan fingerprint density at radius 2 is 0.904 bits per heavy atom. The molecule has 0 spiro atoms. The molecule has 5 aliphatic rings. The Bertz CT molecular complexity index is 2920. The van der Waals surface area contributed by atoms with Crippen LogP contribution in [0.5, 0.6) is 46.0 Å². The van der Waals surface area contributed by atoms with Crippen LogP contribution in [0.4, 0.5) is 0 Å².